The normalized spacial score (nSPS) is 9.96. The predicted molar refractivity (Wildman–Crippen MR) is 98.8 cm³/mol. The van der Waals surface area contributed by atoms with E-state index in [9.17, 15) is 14.4 Å². The lowest BCUT2D eigenvalue weighted by atomic mass is 10.1. The number of hydrogen-bond acceptors (Lipinski definition) is 5. The topological polar surface area (TPSA) is 84.5 Å². The highest BCUT2D eigenvalue weighted by atomic mass is 32.2. The van der Waals surface area contributed by atoms with Crippen LogP contribution < -0.4 is 10.6 Å². The summed E-state index contributed by atoms with van der Waals surface area (Å²) in [5.74, 6) is -0.817. The van der Waals surface area contributed by atoms with E-state index in [4.69, 9.17) is 0 Å². The molecule has 0 bridgehead atoms. The van der Waals surface area contributed by atoms with Gasteiger partial charge in [0.25, 0.3) is 5.91 Å². The molecule has 0 aliphatic heterocycles. The van der Waals surface area contributed by atoms with Crippen molar-refractivity contribution in [2.75, 3.05) is 29.2 Å². The molecule has 0 heterocycles. The van der Waals surface area contributed by atoms with Gasteiger partial charge in [0.15, 0.2) is 0 Å². The Hall–Kier alpha value is -2.80. The number of rotatable bonds is 7. The number of para-hydroxylation sites is 2. The molecular weight excluding hydrogens is 340 g/mol. The lowest BCUT2D eigenvalue weighted by Gasteiger charge is -2.11. The Kier molecular flexibility index (Phi) is 7.03. The third-order valence-electron chi connectivity index (χ3n) is 3.16. The van der Waals surface area contributed by atoms with Crippen molar-refractivity contribution in [2.45, 2.75) is 0 Å². The number of ether oxygens (including phenoxy) is 1. The molecule has 2 N–H and O–H groups in total. The standard InChI is InChI=1S/C18H18N2O4S/c1-24-17(22)12-25-11-16(21)20-15-10-6-5-9-14(15)18(23)19-13-7-3-2-4-8-13/h2-10H,11-12H2,1H3,(H,19,23)(H,20,21). The summed E-state index contributed by atoms with van der Waals surface area (Å²) in [6.45, 7) is 0. The Morgan fingerprint density at radius 2 is 1.60 bits per heavy atom. The smallest absolute Gasteiger partial charge is 0.315 e. The summed E-state index contributed by atoms with van der Waals surface area (Å²) in [5, 5.41) is 5.48. The summed E-state index contributed by atoms with van der Waals surface area (Å²) >= 11 is 1.14. The molecule has 25 heavy (non-hydrogen) atoms. The van der Waals surface area contributed by atoms with Gasteiger partial charge in [-0.3, -0.25) is 14.4 Å². The molecule has 7 heteroatoms. The van der Waals surface area contributed by atoms with Crippen molar-refractivity contribution in [3.63, 3.8) is 0 Å². The number of esters is 1. The Labute approximate surface area is 149 Å². The first-order chi connectivity index (χ1) is 12.1. The third-order valence-corrected chi connectivity index (χ3v) is 4.06. The maximum absolute atomic E-state index is 12.4. The van der Waals surface area contributed by atoms with Crippen molar-refractivity contribution in [3.05, 3.63) is 60.2 Å². The average molecular weight is 358 g/mol. The minimum Gasteiger partial charge on any atom is -0.468 e. The molecule has 6 nitrogen and oxygen atoms in total. The molecule has 0 radical (unpaired) electrons. The molecule has 0 spiro atoms. The molecule has 0 saturated carbocycles. The van der Waals surface area contributed by atoms with E-state index in [0.29, 0.717) is 16.9 Å². The first-order valence-corrected chi connectivity index (χ1v) is 8.65. The number of amides is 2. The van der Waals surface area contributed by atoms with Crippen LogP contribution in [0.3, 0.4) is 0 Å². The van der Waals surface area contributed by atoms with Crippen LogP contribution in [-0.4, -0.2) is 36.4 Å². The maximum atomic E-state index is 12.4. The van der Waals surface area contributed by atoms with Gasteiger partial charge >= 0.3 is 5.97 Å². The number of carbonyl (C=O) groups excluding carboxylic acids is 3. The van der Waals surface area contributed by atoms with Crippen molar-refractivity contribution in [2.24, 2.45) is 0 Å². The Bertz CT molecular complexity index is 750. The van der Waals surface area contributed by atoms with Crippen LogP contribution in [0.25, 0.3) is 0 Å². The van der Waals surface area contributed by atoms with Crippen LogP contribution in [0.5, 0.6) is 0 Å². The van der Waals surface area contributed by atoms with Crippen molar-refractivity contribution in [3.8, 4) is 0 Å². The Morgan fingerprint density at radius 1 is 0.920 bits per heavy atom. The highest BCUT2D eigenvalue weighted by Gasteiger charge is 2.13. The molecule has 0 aromatic heterocycles. The van der Waals surface area contributed by atoms with Gasteiger partial charge in [-0.05, 0) is 24.3 Å². The second-order valence-corrected chi connectivity index (χ2v) is 5.97. The lowest BCUT2D eigenvalue weighted by molar-refractivity contribution is -0.137. The number of nitrogens with one attached hydrogen (secondary N) is 2. The molecule has 2 rings (SSSR count). The summed E-state index contributed by atoms with van der Waals surface area (Å²) in [7, 11) is 1.30. The van der Waals surface area contributed by atoms with Gasteiger partial charge in [0.1, 0.15) is 0 Å². The first kappa shape index (κ1) is 18.5. The zero-order valence-corrected chi connectivity index (χ0v) is 14.5. The molecule has 0 atom stereocenters. The number of carbonyl (C=O) groups is 3. The van der Waals surface area contributed by atoms with E-state index in [1.165, 1.54) is 7.11 Å². The van der Waals surface area contributed by atoms with Crippen LogP contribution in [0.2, 0.25) is 0 Å². The van der Waals surface area contributed by atoms with E-state index in [-0.39, 0.29) is 29.3 Å². The molecule has 0 unspecified atom stereocenters. The van der Waals surface area contributed by atoms with Crippen LogP contribution in [0.1, 0.15) is 10.4 Å². The minimum atomic E-state index is -0.388. The molecule has 0 fully saturated rings. The molecule has 2 aromatic rings. The van der Waals surface area contributed by atoms with E-state index < -0.39 is 0 Å². The van der Waals surface area contributed by atoms with Gasteiger partial charge in [-0.2, -0.15) is 0 Å². The van der Waals surface area contributed by atoms with Gasteiger partial charge in [0.05, 0.1) is 29.9 Å². The predicted octanol–water partition coefficient (Wildman–Crippen LogP) is 2.78. The summed E-state index contributed by atoms with van der Waals surface area (Å²) < 4.78 is 4.51. The number of hydrogen-bond donors (Lipinski definition) is 2. The number of anilines is 2. The number of thioether (sulfide) groups is 1. The fraction of sp³-hybridized carbons (Fsp3) is 0.167. The molecule has 2 aromatic carbocycles. The molecule has 130 valence electrons. The number of methoxy groups -OCH3 is 1. The lowest BCUT2D eigenvalue weighted by Crippen LogP contribution is -2.20. The van der Waals surface area contributed by atoms with Crippen molar-refractivity contribution < 1.29 is 19.1 Å². The van der Waals surface area contributed by atoms with Gasteiger partial charge in [-0.15, -0.1) is 11.8 Å². The second kappa shape index (κ2) is 9.48. The molecule has 2 amide bonds. The van der Waals surface area contributed by atoms with Gasteiger partial charge < -0.3 is 15.4 Å². The highest BCUT2D eigenvalue weighted by molar-refractivity contribution is 8.00. The third kappa shape index (κ3) is 5.96. The van der Waals surface area contributed by atoms with Crippen LogP contribution >= 0.6 is 11.8 Å². The average Bonchev–Trinajstić information content (AvgIpc) is 2.62. The quantitative estimate of drug-likeness (QED) is 0.744. The van der Waals surface area contributed by atoms with Gasteiger partial charge in [-0.25, -0.2) is 0 Å². The van der Waals surface area contributed by atoms with Crippen LogP contribution in [0, 0.1) is 0 Å². The SMILES string of the molecule is COC(=O)CSCC(=O)Nc1ccccc1C(=O)Nc1ccccc1. The minimum absolute atomic E-state index is 0.0870. The van der Waals surface area contributed by atoms with Crippen molar-refractivity contribution in [1.29, 1.82) is 0 Å². The summed E-state index contributed by atoms with van der Waals surface area (Å²) in [6, 6.07) is 15.8. The molecule has 0 aliphatic rings. The summed E-state index contributed by atoms with van der Waals surface area (Å²) in [4.78, 5) is 35.5. The zero-order chi connectivity index (χ0) is 18.1. The summed E-state index contributed by atoms with van der Waals surface area (Å²) in [6.07, 6.45) is 0. The largest absolute Gasteiger partial charge is 0.468 e. The fourth-order valence-corrected chi connectivity index (χ4v) is 2.63. The van der Waals surface area contributed by atoms with Crippen LogP contribution in [0.4, 0.5) is 11.4 Å². The summed E-state index contributed by atoms with van der Waals surface area (Å²) in [5.41, 5.74) is 1.44. The van der Waals surface area contributed by atoms with E-state index in [0.717, 1.165) is 11.8 Å². The van der Waals surface area contributed by atoms with E-state index in [2.05, 4.69) is 15.4 Å². The van der Waals surface area contributed by atoms with Gasteiger partial charge in [0.2, 0.25) is 5.91 Å². The second-order valence-electron chi connectivity index (χ2n) is 4.98. The highest BCUT2D eigenvalue weighted by Crippen LogP contribution is 2.18. The first-order valence-electron chi connectivity index (χ1n) is 7.50. The van der Waals surface area contributed by atoms with Crippen LogP contribution in [0.15, 0.2) is 54.6 Å². The van der Waals surface area contributed by atoms with E-state index >= 15 is 0 Å². The van der Waals surface area contributed by atoms with Crippen molar-refractivity contribution >= 4 is 40.9 Å². The molecular formula is C18H18N2O4S. The fourth-order valence-electron chi connectivity index (χ4n) is 1.98. The van der Waals surface area contributed by atoms with Crippen LogP contribution in [-0.2, 0) is 14.3 Å². The van der Waals surface area contributed by atoms with Gasteiger partial charge in [0, 0.05) is 5.69 Å². The Morgan fingerprint density at radius 3 is 2.32 bits per heavy atom. The maximum Gasteiger partial charge on any atom is 0.315 e. The van der Waals surface area contributed by atoms with E-state index in [1.807, 2.05) is 18.2 Å². The molecule has 0 aliphatic carbocycles. The van der Waals surface area contributed by atoms with Crippen molar-refractivity contribution in [1.82, 2.24) is 0 Å². The van der Waals surface area contributed by atoms with E-state index in [1.54, 1.807) is 36.4 Å². The molecule has 0 saturated heterocycles. The van der Waals surface area contributed by atoms with Gasteiger partial charge in [-0.1, -0.05) is 30.3 Å². The Balaban J connectivity index is 1.98. The zero-order valence-electron chi connectivity index (χ0n) is 13.7. The monoisotopic (exact) mass is 358 g/mol. The number of benzene rings is 2.